The maximum absolute atomic E-state index is 14.0. The molecule has 0 saturated heterocycles. The first kappa shape index (κ1) is 27.6. The summed E-state index contributed by atoms with van der Waals surface area (Å²) in [5.41, 5.74) is 7.26. The van der Waals surface area contributed by atoms with Gasteiger partial charge in [0.25, 0.3) is 0 Å². The molecule has 0 aromatic heterocycles. The van der Waals surface area contributed by atoms with E-state index < -0.39 is 5.41 Å². The summed E-state index contributed by atoms with van der Waals surface area (Å²) in [6.07, 6.45) is 1.81. The second kappa shape index (κ2) is 10.1. The zero-order chi connectivity index (χ0) is 31.0. The number of ketones is 2. The number of carbonyl (C=O) groups is 2. The fourth-order valence-electron chi connectivity index (χ4n) is 6.84. The Balaban J connectivity index is 1.44. The number of Topliss-reactive ketones (excluding diaryl/α,β-unsaturated/α-hetero) is 2. The van der Waals surface area contributed by atoms with E-state index in [1.165, 1.54) is 12.1 Å². The Bertz CT molecular complexity index is 2120. The fraction of sp³-hybridized carbons (Fsp3) is 0.0769. The Morgan fingerprint density at radius 3 is 1.93 bits per heavy atom. The van der Waals surface area contributed by atoms with E-state index in [4.69, 9.17) is 27.9 Å². The van der Waals surface area contributed by atoms with Gasteiger partial charge in [-0.2, -0.15) is 0 Å². The molecule has 0 spiro atoms. The van der Waals surface area contributed by atoms with Crippen molar-refractivity contribution in [3.63, 3.8) is 0 Å². The molecule has 4 nitrogen and oxygen atoms in total. The van der Waals surface area contributed by atoms with Gasteiger partial charge in [-0.15, -0.1) is 0 Å². The van der Waals surface area contributed by atoms with Gasteiger partial charge in [0.15, 0.2) is 11.6 Å². The lowest BCUT2D eigenvalue weighted by atomic mass is 9.71. The van der Waals surface area contributed by atoms with Gasteiger partial charge in [-0.1, -0.05) is 104 Å². The van der Waals surface area contributed by atoms with Crippen LogP contribution in [0.3, 0.4) is 0 Å². The number of anilines is 3. The van der Waals surface area contributed by atoms with E-state index in [1.807, 2.05) is 60.7 Å². The Hall–Kier alpha value is -4.90. The van der Waals surface area contributed by atoms with E-state index in [0.717, 1.165) is 33.8 Å². The third-order valence-electron chi connectivity index (χ3n) is 8.94. The van der Waals surface area contributed by atoms with Crippen LogP contribution in [0.1, 0.15) is 56.8 Å². The van der Waals surface area contributed by atoms with Crippen molar-refractivity contribution in [2.24, 2.45) is 0 Å². The van der Waals surface area contributed by atoms with E-state index in [9.17, 15) is 9.59 Å². The van der Waals surface area contributed by atoms with Gasteiger partial charge in [-0.05, 0) is 54.1 Å². The highest BCUT2D eigenvalue weighted by molar-refractivity contribution is 6.47. The van der Waals surface area contributed by atoms with Crippen molar-refractivity contribution >= 4 is 63.2 Å². The van der Waals surface area contributed by atoms with E-state index in [2.05, 4.69) is 61.2 Å². The minimum Gasteiger partial charge on any atom is -0.456 e. The monoisotopic (exact) mass is 625 g/mol. The first-order valence-corrected chi connectivity index (χ1v) is 15.4. The Morgan fingerprint density at radius 1 is 0.667 bits per heavy atom. The topological polar surface area (TPSA) is 46.6 Å². The molecule has 3 aliphatic rings. The number of benzene rings is 5. The minimum absolute atomic E-state index is 0.0789. The van der Waals surface area contributed by atoms with Gasteiger partial charge in [-0.3, -0.25) is 9.59 Å². The lowest BCUT2D eigenvalue weighted by molar-refractivity contribution is 0.0990. The molecule has 2 aliphatic heterocycles. The molecule has 0 unspecified atom stereocenters. The van der Waals surface area contributed by atoms with E-state index in [0.29, 0.717) is 22.6 Å². The molecular weight excluding hydrogens is 601 g/mol. The average molecular weight is 627 g/mol. The van der Waals surface area contributed by atoms with Crippen LogP contribution in [0.15, 0.2) is 121 Å². The number of rotatable bonds is 2. The fourth-order valence-corrected chi connectivity index (χ4v) is 7.16. The zero-order valence-electron chi connectivity index (χ0n) is 24.4. The molecule has 45 heavy (non-hydrogen) atoms. The van der Waals surface area contributed by atoms with Gasteiger partial charge in [0.2, 0.25) is 0 Å². The quantitative estimate of drug-likeness (QED) is 0.145. The van der Waals surface area contributed by atoms with Gasteiger partial charge in [-0.25, -0.2) is 0 Å². The predicted molar refractivity (Wildman–Crippen MR) is 180 cm³/mol. The van der Waals surface area contributed by atoms with Crippen molar-refractivity contribution in [2.75, 3.05) is 4.90 Å². The highest BCUT2D eigenvalue weighted by atomic mass is 35.5. The average Bonchev–Trinajstić information content (AvgIpc) is 3.29. The second-order valence-corrected chi connectivity index (χ2v) is 12.7. The van der Waals surface area contributed by atoms with Crippen LogP contribution in [0, 0.1) is 0 Å². The number of ether oxygens (including phenoxy) is 1. The standard InChI is InChI=1S/C39H25Cl2NO3/c1-39(2)28-15-9-10-16-31(28)42(23-13-7-4-8-14-23)32-18-17-24-25(21-33(45-38(24)35(32)39)22-11-5-3-6-12-22)34-36(43)26-19-29(40)30(41)20-27(26)37(34)44/h3-21H,1-2H3. The number of para-hydroxylation sites is 2. The molecule has 218 valence electrons. The molecule has 5 aromatic rings. The summed E-state index contributed by atoms with van der Waals surface area (Å²) in [5, 5.41) is 0.456. The van der Waals surface area contributed by atoms with E-state index in [-0.39, 0.29) is 38.3 Å². The van der Waals surface area contributed by atoms with Gasteiger partial charge < -0.3 is 9.64 Å². The number of nitrogens with zero attached hydrogens (tertiary/aromatic N) is 1. The van der Waals surface area contributed by atoms with Gasteiger partial charge >= 0.3 is 0 Å². The second-order valence-electron chi connectivity index (χ2n) is 11.9. The summed E-state index contributed by atoms with van der Waals surface area (Å²) in [5.74, 6) is 0.401. The Labute approximate surface area is 270 Å². The van der Waals surface area contributed by atoms with Crippen molar-refractivity contribution in [1.82, 2.24) is 0 Å². The molecule has 1 aliphatic carbocycles. The van der Waals surface area contributed by atoms with Crippen molar-refractivity contribution in [2.45, 2.75) is 19.3 Å². The number of hydrogen-bond donors (Lipinski definition) is 0. The maximum atomic E-state index is 14.0. The number of fused-ring (bicyclic) bond motifs is 5. The summed E-state index contributed by atoms with van der Waals surface area (Å²) < 4.78 is 6.86. The zero-order valence-corrected chi connectivity index (χ0v) is 25.9. The van der Waals surface area contributed by atoms with Crippen LogP contribution < -0.4 is 9.64 Å². The van der Waals surface area contributed by atoms with Gasteiger partial charge in [0.1, 0.15) is 11.5 Å². The van der Waals surface area contributed by atoms with Crippen molar-refractivity contribution < 1.29 is 14.3 Å². The van der Waals surface area contributed by atoms with Crippen LogP contribution in [0.2, 0.25) is 10.0 Å². The normalized spacial score (nSPS) is 16.0. The molecule has 0 atom stereocenters. The Morgan fingerprint density at radius 2 is 1.27 bits per heavy atom. The summed E-state index contributed by atoms with van der Waals surface area (Å²) in [6.45, 7) is 4.38. The SMILES string of the molecule is CC1(C)c2ccccc2N(c2ccccc2)c2ccc3c(c21)OC(c1ccccc1)=CC3=C1C(=O)c2cc(Cl)c(Cl)cc2C1=O. The molecule has 5 aromatic carbocycles. The minimum atomic E-state index is -0.495. The number of carbonyl (C=O) groups excluding carboxylic acids is 2. The van der Waals surface area contributed by atoms with Crippen LogP contribution in [-0.4, -0.2) is 11.6 Å². The lowest BCUT2D eigenvalue weighted by Gasteiger charge is -2.43. The summed E-state index contributed by atoms with van der Waals surface area (Å²) >= 11 is 12.6. The third kappa shape index (κ3) is 4.06. The van der Waals surface area contributed by atoms with Crippen molar-refractivity contribution in [1.29, 1.82) is 0 Å². The lowest BCUT2D eigenvalue weighted by Crippen LogP contribution is -2.32. The van der Waals surface area contributed by atoms with E-state index >= 15 is 0 Å². The molecule has 0 N–H and O–H groups in total. The summed E-state index contributed by atoms with van der Waals surface area (Å²) in [7, 11) is 0. The van der Waals surface area contributed by atoms with Crippen LogP contribution >= 0.6 is 23.2 Å². The van der Waals surface area contributed by atoms with E-state index in [1.54, 1.807) is 0 Å². The number of halogens is 2. The molecule has 8 rings (SSSR count). The smallest absolute Gasteiger partial charge is 0.198 e. The molecule has 0 bridgehead atoms. The van der Waals surface area contributed by atoms with Crippen molar-refractivity contribution in [3.05, 3.63) is 164 Å². The highest BCUT2D eigenvalue weighted by Gasteiger charge is 2.43. The van der Waals surface area contributed by atoms with Crippen molar-refractivity contribution in [3.8, 4) is 5.75 Å². The summed E-state index contributed by atoms with van der Waals surface area (Å²) in [4.78, 5) is 30.2. The first-order valence-electron chi connectivity index (χ1n) is 14.7. The van der Waals surface area contributed by atoms with Crippen LogP contribution in [0.25, 0.3) is 11.3 Å². The molecule has 0 saturated carbocycles. The predicted octanol–water partition coefficient (Wildman–Crippen LogP) is 10.4. The number of allylic oxidation sites excluding steroid dienone is 3. The molecule has 0 fully saturated rings. The van der Waals surface area contributed by atoms with Crippen LogP contribution in [0.4, 0.5) is 17.1 Å². The molecule has 0 radical (unpaired) electrons. The van der Waals surface area contributed by atoms with Crippen LogP contribution in [0.5, 0.6) is 5.75 Å². The summed E-state index contributed by atoms with van der Waals surface area (Å²) in [6, 6.07) is 35.3. The maximum Gasteiger partial charge on any atom is 0.198 e. The molecule has 0 amide bonds. The third-order valence-corrected chi connectivity index (χ3v) is 9.67. The largest absolute Gasteiger partial charge is 0.456 e. The van der Waals surface area contributed by atoms with Gasteiger partial charge in [0, 0.05) is 44.5 Å². The molecule has 2 heterocycles. The van der Waals surface area contributed by atoms with Crippen LogP contribution in [-0.2, 0) is 5.41 Å². The molecular formula is C39H25Cl2NO3. The highest BCUT2D eigenvalue weighted by Crippen LogP contribution is 2.58. The Kier molecular flexibility index (Phi) is 6.18. The molecule has 6 heteroatoms. The number of hydrogen-bond acceptors (Lipinski definition) is 4. The first-order chi connectivity index (χ1) is 21.8. The van der Waals surface area contributed by atoms with Gasteiger partial charge in [0.05, 0.1) is 27.0 Å².